The first-order chi connectivity index (χ1) is 14.7. The van der Waals surface area contributed by atoms with E-state index in [1.54, 1.807) is 6.20 Å². The largest absolute Gasteiger partial charge is 0.321 e. The summed E-state index contributed by atoms with van der Waals surface area (Å²) in [6.45, 7) is 0. The molecule has 0 bridgehead atoms. The van der Waals surface area contributed by atoms with Crippen molar-refractivity contribution in [1.82, 2.24) is 29.8 Å². The van der Waals surface area contributed by atoms with Gasteiger partial charge in [0.2, 0.25) is 0 Å². The molecule has 1 amide bonds. The number of nitrogens with one attached hydrogen (secondary N) is 1. The number of carbonyl (C=O) groups excluding carboxylic acids is 1. The van der Waals surface area contributed by atoms with E-state index in [1.807, 2.05) is 70.1 Å². The molecule has 5 rings (SSSR count). The summed E-state index contributed by atoms with van der Waals surface area (Å²) in [6.07, 6.45) is 5.73. The number of para-hydroxylation sites is 1. The zero-order valence-corrected chi connectivity index (χ0v) is 17.1. The van der Waals surface area contributed by atoms with Crippen molar-refractivity contribution in [2.45, 2.75) is 24.0 Å². The Balaban J connectivity index is 1.44. The Kier molecular flexibility index (Phi) is 4.80. The third-order valence-corrected chi connectivity index (χ3v) is 5.58. The maximum absolute atomic E-state index is 13.1. The predicted molar refractivity (Wildman–Crippen MR) is 115 cm³/mol. The fourth-order valence-corrected chi connectivity index (χ4v) is 3.89. The molecule has 2 aromatic heterocycles. The van der Waals surface area contributed by atoms with Crippen LogP contribution in [0.2, 0.25) is 0 Å². The number of imidazole rings is 1. The van der Waals surface area contributed by atoms with Crippen LogP contribution in [-0.2, 0) is 0 Å². The molecule has 30 heavy (non-hydrogen) atoms. The summed E-state index contributed by atoms with van der Waals surface area (Å²) in [6, 6.07) is 17.7. The Hall–Kier alpha value is -3.46. The van der Waals surface area contributed by atoms with Crippen LogP contribution in [0.4, 0.5) is 5.69 Å². The van der Waals surface area contributed by atoms with Gasteiger partial charge in [0.05, 0.1) is 12.2 Å². The van der Waals surface area contributed by atoms with Gasteiger partial charge in [-0.15, -0.1) is 5.10 Å². The molecule has 1 N–H and O–H groups in total. The topological polar surface area (TPSA) is 90.5 Å². The first-order valence-corrected chi connectivity index (χ1v) is 10.8. The molecule has 0 unspecified atom stereocenters. The van der Waals surface area contributed by atoms with E-state index in [1.165, 1.54) is 11.8 Å². The molecule has 0 saturated heterocycles. The van der Waals surface area contributed by atoms with E-state index in [-0.39, 0.29) is 5.91 Å². The zero-order chi connectivity index (χ0) is 20.5. The lowest BCUT2D eigenvalue weighted by atomic mass is 10.2. The maximum atomic E-state index is 13.1. The molecule has 1 aliphatic carbocycles. The molecule has 150 valence electrons. The van der Waals surface area contributed by atoms with E-state index in [0.717, 1.165) is 29.2 Å². The summed E-state index contributed by atoms with van der Waals surface area (Å²) in [4.78, 5) is 17.5. The number of benzene rings is 2. The summed E-state index contributed by atoms with van der Waals surface area (Å²) in [5, 5.41) is 15.8. The second-order valence-electron chi connectivity index (χ2n) is 7.01. The zero-order valence-electron chi connectivity index (χ0n) is 16.3. The Morgan fingerprint density at radius 1 is 1.13 bits per heavy atom. The smallest absolute Gasteiger partial charge is 0.274 e. The van der Waals surface area contributed by atoms with Gasteiger partial charge in [-0.3, -0.25) is 9.36 Å². The van der Waals surface area contributed by atoms with Crippen LogP contribution in [0.25, 0.3) is 17.1 Å². The SMILES string of the molecule is CSc1ncc(C(=O)Nc2cccc(-c3nnnn3C3CC3)c2)n1-c1ccccc1. The van der Waals surface area contributed by atoms with Crippen molar-refractivity contribution in [3.8, 4) is 17.1 Å². The summed E-state index contributed by atoms with van der Waals surface area (Å²) in [5.41, 5.74) is 2.90. The van der Waals surface area contributed by atoms with Crippen LogP contribution in [0, 0.1) is 0 Å². The summed E-state index contributed by atoms with van der Waals surface area (Å²) in [7, 11) is 0. The average Bonchev–Trinajstić information content (AvgIpc) is 3.34. The molecule has 0 atom stereocenters. The highest BCUT2D eigenvalue weighted by Gasteiger charge is 2.28. The minimum Gasteiger partial charge on any atom is -0.321 e. The minimum absolute atomic E-state index is 0.231. The van der Waals surface area contributed by atoms with Crippen LogP contribution >= 0.6 is 11.8 Å². The van der Waals surface area contributed by atoms with Crippen molar-refractivity contribution in [3.05, 3.63) is 66.5 Å². The Morgan fingerprint density at radius 2 is 1.97 bits per heavy atom. The molecule has 0 spiro atoms. The summed E-state index contributed by atoms with van der Waals surface area (Å²) < 4.78 is 3.72. The number of hydrogen-bond acceptors (Lipinski definition) is 6. The third kappa shape index (κ3) is 3.48. The fraction of sp³-hybridized carbons (Fsp3) is 0.190. The second-order valence-corrected chi connectivity index (χ2v) is 7.79. The van der Waals surface area contributed by atoms with E-state index in [2.05, 4.69) is 25.8 Å². The maximum Gasteiger partial charge on any atom is 0.274 e. The Morgan fingerprint density at radius 3 is 2.73 bits per heavy atom. The van der Waals surface area contributed by atoms with Gasteiger partial charge in [-0.05, 0) is 53.8 Å². The van der Waals surface area contributed by atoms with Gasteiger partial charge >= 0.3 is 0 Å². The number of amides is 1. The van der Waals surface area contributed by atoms with Crippen LogP contribution in [0.3, 0.4) is 0 Å². The molecule has 2 heterocycles. The van der Waals surface area contributed by atoms with Gasteiger partial charge in [0.15, 0.2) is 11.0 Å². The van der Waals surface area contributed by atoms with E-state index >= 15 is 0 Å². The number of carbonyl (C=O) groups is 1. The van der Waals surface area contributed by atoms with E-state index in [9.17, 15) is 4.79 Å². The molecule has 8 nitrogen and oxygen atoms in total. The monoisotopic (exact) mass is 417 g/mol. The fourth-order valence-electron chi connectivity index (χ4n) is 3.35. The molecule has 9 heteroatoms. The highest BCUT2D eigenvalue weighted by Crippen LogP contribution is 2.36. The molecular weight excluding hydrogens is 398 g/mol. The number of tetrazole rings is 1. The van der Waals surface area contributed by atoms with E-state index < -0.39 is 0 Å². The lowest BCUT2D eigenvalue weighted by Gasteiger charge is -2.12. The van der Waals surface area contributed by atoms with Crippen LogP contribution in [-0.4, -0.2) is 41.9 Å². The molecule has 0 aliphatic heterocycles. The van der Waals surface area contributed by atoms with E-state index in [0.29, 0.717) is 23.2 Å². The first-order valence-electron chi connectivity index (χ1n) is 9.61. The predicted octanol–water partition coefficient (Wildman–Crippen LogP) is 3.83. The van der Waals surface area contributed by atoms with Gasteiger partial charge in [0.1, 0.15) is 5.69 Å². The molecule has 1 aliphatic rings. The Bertz CT molecular complexity index is 1200. The number of anilines is 1. The Labute approximate surface area is 177 Å². The van der Waals surface area contributed by atoms with Crippen LogP contribution in [0.15, 0.2) is 66.0 Å². The normalized spacial score (nSPS) is 13.4. The number of hydrogen-bond donors (Lipinski definition) is 1. The average molecular weight is 417 g/mol. The summed E-state index contributed by atoms with van der Waals surface area (Å²) >= 11 is 1.49. The number of aromatic nitrogens is 6. The van der Waals surface area contributed by atoms with Crippen molar-refractivity contribution in [2.75, 3.05) is 11.6 Å². The molecule has 0 radical (unpaired) electrons. The van der Waals surface area contributed by atoms with Crippen LogP contribution in [0.1, 0.15) is 29.4 Å². The number of nitrogens with zero attached hydrogens (tertiary/aromatic N) is 6. The van der Waals surface area contributed by atoms with E-state index in [4.69, 9.17) is 0 Å². The van der Waals surface area contributed by atoms with Crippen LogP contribution < -0.4 is 5.32 Å². The highest BCUT2D eigenvalue weighted by atomic mass is 32.2. The van der Waals surface area contributed by atoms with Gasteiger partial charge in [-0.1, -0.05) is 42.1 Å². The van der Waals surface area contributed by atoms with Crippen molar-refractivity contribution in [3.63, 3.8) is 0 Å². The van der Waals surface area contributed by atoms with Crippen LogP contribution in [0.5, 0.6) is 0 Å². The quantitative estimate of drug-likeness (QED) is 0.480. The number of thioether (sulfide) groups is 1. The van der Waals surface area contributed by atoms with Gasteiger partial charge in [0, 0.05) is 16.9 Å². The first kappa shape index (κ1) is 18.6. The molecule has 2 aromatic carbocycles. The number of rotatable bonds is 6. The van der Waals surface area contributed by atoms with Crippen molar-refractivity contribution in [2.24, 2.45) is 0 Å². The van der Waals surface area contributed by atoms with Gasteiger partial charge < -0.3 is 5.32 Å². The molecule has 4 aromatic rings. The van der Waals surface area contributed by atoms with Gasteiger partial charge in [0.25, 0.3) is 5.91 Å². The van der Waals surface area contributed by atoms with Gasteiger partial charge in [-0.2, -0.15) is 0 Å². The highest BCUT2D eigenvalue weighted by molar-refractivity contribution is 7.98. The molecular formula is C21H19N7OS. The third-order valence-electron chi connectivity index (χ3n) is 4.92. The standard InChI is InChI=1S/C21H19N7OS/c1-30-21-22-13-18(27(21)16-8-3-2-4-9-16)20(29)23-15-7-5-6-14(12-15)19-24-25-26-28(19)17-10-11-17/h2-9,12-13,17H,10-11H2,1H3,(H,23,29). The lowest BCUT2D eigenvalue weighted by molar-refractivity contribution is 0.102. The minimum atomic E-state index is -0.231. The summed E-state index contributed by atoms with van der Waals surface area (Å²) in [5.74, 6) is 0.484. The second kappa shape index (κ2) is 7.75. The van der Waals surface area contributed by atoms with Gasteiger partial charge in [-0.25, -0.2) is 9.67 Å². The van der Waals surface area contributed by atoms with Crippen molar-refractivity contribution < 1.29 is 4.79 Å². The van der Waals surface area contributed by atoms with Crippen molar-refractivity contribution >= 4 is 23.4 Å². The molecule has 1 saturated carbocycles. The molecule has 1 fully saturated rings. The van der Waals surface area contributed by atoms with Crippen molar-refractivity contribution in [1.29, 1.82) is 0 Å². The lowest BCUT2D eigenvalue weighted by Crippen LogP contribution is -2.16.